The van der Waals surface area contributed by atoms with Crippen LogP contribution in [-0.4, -0.2) is 4.83 Å². The summed E-state index contributed by atoms with van der Waals surface area (Å²) in [4.78, 5) is 0.869. The molecule has 0 bridgehead atoms. The van der Waals surface area contributed by atoms with Crippen LogP contribution in [0.5, 0.6) is 0 Å². The fourth-order valence-corrected chi connectivity index (χ4v) is 3.71. The third kappa shape index (κ3) is 1.13. The van der Waals surface area contributed by atoms with E-state index >= 15 is 0 Å². The van der Waals surface area contributed by atoms with Crippen molar-refractivity contribution in [1.29, 1.82) is 0 Å². The van der Waals surface area contributed by atoms with E-state index in [9.17, 15) is 0 Å². The maximum atomic E-state index is 3.80. The number of alkyl halides is 1. The Labute approximate surface area is 71.5 Å². The molecule has 0 spiro atoms. The number of hydrogen-bond donors (Lipinski definition) is 0. The summed E-state index contributed by atoms with van der Waals surface area (Å²) in [5, 5.41) is 0. The second kappa shape index (κ2) is 2.84. The van der Waals surface area contributed by atoms with Crippen LogP contribution >= 0.6 is 15.9 Å². The van der Waals surface area contributed by atoms with Gasteiger partial charge in [-0.1, -0.05) is 41.6 Å². The van der Waals surface area contributed by atoms with Crippen molar-refractivity contribution in [2.45, 2.75) is 43.4 Å². The van der Waals surface area contributed by atoms with E-state index in [-0.39, 0.29) is 0 Å². The minimum atomic E-state index is 0.869. The van der Waals surface area contributed by atoms with E-state index in [1.807, 2.05) is 0 Å². The first kappa shape index (κ1) is 7.15. The Bertz CT molecular complexity index is 122. The van der Waals surface area contributed by atoms with Gasteiger partial charge in [-0.05, 0) is 24.7 Å². The Balaban J connectivity index is 2.03. The molecule has 2 fully saturated rings. The molecule has 0 radical (unpaired) electrons. The van der Waals surface area contributed by atoms with Crippen LogP contribution < -0.4 is 0 Å². The zero-order valence-electron chi connectivity index (χ0n) is 6.35. The Hall–Kier alpha value is 0.480. The molecule has 0 aliphatic heterocycles. The molecule has 0 heterocycles. The molecule has 3 atom stereocenters. The summed E-state index contributed by atoms with van der Waals surface area (Å²) in [6.45, 7) is 0. The molecule has 0 saturated heterocycles. The lowest BCUT2D eigenvalue weighted by atomic mass is 9.82. The van der Waals surface area contributed by atoms with Gasteiger partial charge in [0.05, 0.1) is 0 Å². The first-order valence-electron chi connectivity index (χ1n) is 4.52. The summed E-state index contributed by atoms with van der Waals surface area (Å²) in [6, 6.07) is 0. The molecule has 10 heavy (non-hydrogen) atoms. The average molecular weight is 203 g/mol. The van der Waals surface area contributed by atoms with Crippen molar-refractivity contribution in [3.63, 3.8) is 0 Å². The Morgan fingerprint density at radius 3 is 2.30 bits per heavy atom. The third-order valence-electron chi connectivity index (χ3n) is 3.24. The SMILES string of the molecule is BrC1CCCC2CCCC12. The Kier molecular flexibility index (Phi) is 2.03. The second-order valence-electron chi connectivity index (χ2n) is 3.80. The van der Waals surface area contributed by atoms with Gasteiger partial charge in [0.15, 0.2) is 0 Å². The predicted octanol–water partition coefficient (Wildman–Crippen LogP) is 3.35. The highest BCUT2D eigenvalue weighted by molar-refractivity contribution is 9.09. The molecule has 2 aliphatic carbocycles. The van der Waals surface area contributed by atoms with Crippen molar-refractivity contribution in [3.8, 4) is 0 Å². The van der Waals surface area contributed by atoms with E-state index in [0.29, 0.717) is 0 Å². The molecule has 58 valence electrons. The molecular formula is C9H15Br. The van der Waals surface area contributed by atoms with Crippen LogP contribution in [-0.2, 0) is 0 Å². The Morgan fingerprint density at radius 2 is 1.60 bits per heavy atom. The minimum absolute atomic E-state index is 0.869. The van der Waals surface area contributed by atoms with Crippen molar-refractivity contribution < 1.29 is 0 Å². The van der Waals surface area contributed by atoms with Gasteiger partial charge in [-0.25, -0.2) is 0 Å². The lowest BCUT2D eigenvalue weighted by molar-refractivity contribution is 0.290. The van der Waals surface area contributed by atoms with Gasteiger partial charge in [0.2, 0.25) is 0 Å². The van der Waals surface area contributed by atoms with E-state index < -0.39 is 0 Å². The van der Waals surface area contributed by atoms with Gasteiger partial charge in [-0.3, -0.25) is 0 Å². The van der Waals surface area contributed by atoms with Crippen LogP contribution in [0.1, 0.15) is 38.5 Å². The highest BCUT2D eigenvalue weighted by Crippen LogP contribution is 2.44. The number of halogens is 1. The third-order valence-corrected chi connectivity index (χ3v) is 4.37. The zero-order chi connectivity index (χ0) is 6.97. The molecule has 0 amide bonds. The fourth-order valence-electron chi connectivity index (χ4n) is 2.69. The van der Waals surface area contributed by atoms with Crippen molar-refractivity contribution in [1.82, 2.24) is 0 Å². The van der Waals surface area contributed by atoms with E-state index in [1.165, 1.54) is 38.5 Å². The van der Waals surface area contributed by atoms with Crippen LogP contribution in [0.2, 0.25) is 0 Å². The summed E-state index contributed by atoms with van der Waals surface area (Å²) in [5.41, 5.74) is 0. The van der Waals surface area contributed by atoms with Crippen molar-refractivity contribution in [2.24, 2.45) is 11.8 Å². The summed E-state index contributed by atoms with van der Waals surface area (Å²) in [6.07, 6.45) is 8.94. The van der Waals surface area contributed by atoms with Crippen molar-refractivity contribution >= 4 is 15.9 Å². The highest BCUT2D eigenvalue weighted by Gasteiger charge is 2.34. The lowest BCUT2D eigenvalue weighted by Gasteiger charge is -2.29. The van der Waals surface area contributed by atoms with Crippen LogP contribution in [0, 0.1) is 11.8 Å². The molecule has 2 aliphatic rings. The van der Waals surface area contributed by atoms with Crippen LogP contribution in [0.3, 0.4) is 0 Å². The van der Waals surface area contributed by atoms with Gasteiger partial charge < -0.3 is 0 Å². The fraction of sp³-hybridized carbons (Fsp3) is 1.00. The Morgan fingerprint density at radius 1 is 0.900 bits per heavy atom. The smallest absolute Gasteiger partial charge is 0.0176 e. The minimum Gasteiger partial charge on any atom is -0.0888 e. The standard InChI is InChI=1S/C9H15Br/c10-9-6-2-4-7-3-1-5-8(7)9/h7-9H,1-6H2. The molecule has 3 unspecified atom stereocenters. The summed E-state index contributed by atoms with van der Waals surface area (Å²) < 4.78 is 0. The predicted molar refractivity (Wildman–Crippen MR) is 47.4 cm³/mol. The number of hydrogen-bond acceptors (Lipinski definition) is 0. The largest absolute Gasteiger partial charge is 0.0888 e. The zero-order valence-corrected chi connectivity index (χ0v) is 7.94. The van der Waals surface area contributed by atoms with Gasteiger partial charge in [0, 0.05) is 4.83 Å². The number of rotatable bonds is 0. The molecule has 1 heteroatoms. The monoisotopic (exact) mass is 202 g/mol. The quantitative estimate of drug-likeness (QED) is 0.529. The van der Waals surface area contributed by atoms with E-state index in [1.54, 1.807) is 0 Å². The average Bonchev–Trinajstić information content (AvgIpc) is 2.36. The highest BCUT2D eigenvalue weighted by atomic mass is 79.9. The normalized spacial score (nSPS) is 47.1. The molecule has 0 aromatic carbocycles. The van der Waals surface area contributed by atoms with Crippen LogP contribution in [0.4, 0.5) is 0 Å². The first-order chi connectivity index (χ1) is 4.88. The van der Waals surface area contributed by atoms with Crippen LogP contribution in [0.25, 0.3) is 0 Å². The molecular weight excluding hydrogens is 188 g/mol. The van der Waals surface area contributed by atoms with Crippen LogP contribution in [0.15, 0.2) is 0 Å². The van der Waals surface area contributed by atoms with Gasteiger partial charge in [0.1, 0.15) is 0 Å². The van der Waals surface area contributed by atoms with Crippen molar-refractivity contribution in [2.75, 3.05) is 0 Å². The van der Waals surface area contributed by atoms with Gasteiger partial charge in [-0.15, -0.1) is 0 Å². The van der Waals surface area contributed by atoms with Gasteiger partial charge in [0.25, 0.3) is 0 Å². The summed E-state index contributed by atoms with van der Waals surface area (Å²) in [5.74, 6) is 2.15. The summed E-state index contributed by atoms with van der Waals surface area (Å²) in [7, 11) is 0. The maximum Gasteiger partial charge on any atom is 0.0176 e. The molecule has 2 saturated carbocycles. The molecule has 0 aromatic heterocycles. The van der Waals surface area contributed by atoms with Crippen molar-refractivity contribution in [3.05, 3.63) is 0 Å². The second-order valence-corrected chi connectivity index (χ2v) is 4.98. The molecule has 0 nitrogen and oxygen atoms in total. The van der Waals surface area contributed by atoms with E-state index in [2.05, 4.69) is 15.9 Å². The maximum absolute atomic E-state index is 3.80. The molecule has 0 N–H and O–H groups in total. The summed E-state index contributed by atoms with van der Waals surface area (Å²) >= 11 is 3.80. The van der Waals surface area contributed by atoms with E-state index in [4.69, 9.17) is 0 Å². The molecule has 2 rings (SSSR count). The topological polar surface area (TPSA) is 0 Å². The number of fused-ring (bicyclic) bond motifs is 1. The van der Waals surface area contributed by atoms with Gasteiger partial charge >= 0.3 is 0 Å². The lowest BCUT2D eigenvalue weighted by Crippen LogP contribution is -2.23. The van der Waals surface area contributed by atoms with E-state index in [0.717, 1.165) is 16.7 Å². The van der Waals surface area contributed by atoms with Gasteiger partial charge in [-0.2, -0.15) is 0 Å². The molecule has 0 aromatic rings. The first-order valence-corrected chi connectivity index (χ1v) is 5.43.